The fourth-order valence-corrected chi connectivity index (χ4v) is 4.60. The number of ether oxygens (including phenoxy) is 2. The zero-order chi connectivity index (χ0) is 30.1. The molecule has 0 saturated heterocycles. The molecule has 0 spiro atoms. The van der Waals surface area contributed by atoms with E-state index >= 15 is 0 Å². The van der Waals surface area contributed by atoms with E-state index in [0.29, 0.717) is 13.2 Å². The van der Waals surface area contributed by atoms with Gasteiger partial charge in [0.05, 0.1) is 13.2 Å². The van der Waals surface area contributed by atoms with Crippen LogP contribution in [0.5, 0.6) is 0 Å². The molecule has 4 nitrogen and oxygen atoms in total. The quantitative estimate of drug-likeness (QED) is 0.0358. The standard InChI is InChI=1S/2C17H34O2S.Zn/c2*1-3-4-5-6-7-8-9-10-11-12-13-14-15-19-17(18)16(2)20;/h2*16,20H,3-15H2,1-2H3;/q;;+2/p-2. The minimum absolute atomic E-state index is 0. The van der Waals surface area contributed by atoms with Crippen molar-refractivity contribution in [1.29, 1.82) is 0 Å². The van der Waals surface area contributed by atoms with E-state index in [9.17, 15) is 9.59 Å². The van der Waals surface area contributed by atoms with E-state index in [1.807, 2.05) is 0 Å². The fourth-order valence-electron chi connectivity index (χ4n) is 4.47. The van der Waals surface area contributed by atoms with Crippen molar-refractivity contribution in [2.24, 2.45) is 0 Å². The average Bonchev–Trinajstić information content (AvgIpc) is 2.93. The Morgan fingerprint density at radius 1 is 0.439 bits per heavy atom. The Morgan fingerprint density at radius 3 is 0.829 bits per heavy atom. The summed E-state index contributed by atoms with van der Waals surface area (Å²) in [7, 11) is 0. The molecule has 41 heavy (non-hydrogen) atoms. The van der Waals surface area contributed by atoms with Crippen molar-refractivity contribution in [2.75, 3.05) is 13.2 Å². The number of carbonyl (C=O) groups excluding carboxylic acids is 2. The van der Waals surface area contributed by atoms with Crippen LogP contribution in [0.25, 0.3) is 0 Å². The molecule has 0 bridgehead atoms. The number of rotatable bonds is 28. The van der Waals surface area contributed by atoms with Crippen molar-refractivity contribution in [1.82, 2.24) is 0 Å². The van der Waals surface area contributed by atoms with E-state index in [4.69, 9.17) is 34.7 Å². The summed E-state index contributed by atoms with van der Waals surface area (Å²) in [6.07, 6.45) is 31.7. The molecule has 0 aromatic rings. The maximum Gasteiger partial charge on any atom is 2.00 e. The molecule has 0 fully saturated rings. The van der Waals surface area contributed by atoms with Crippen LogP contribution in [0.4, 0.5) is 0 Å². The second kappa shape index (κ2) is 38.3. The minimum atomic E-state index is -0.410. The van der Waals surface area contributed by atoms with Crippen LogP contribution in [-0.2, 0) is 63.8 Å². The van der Waals surface area contributed by atoms with Gasteiger partial charge < -0.3 is 34.7 Å². The summed E-state index contributed by atoms with van der Waals surface area (Å²) in [4.78, 5) is 22.2. The van der Waals surface area contributed by atoms with Crippen LogP contribution in [0.2, 0.25) is 0 Å². The summed E-state index contributed by atoms with van der Waals surface area (Å²) in [6, 6.07) is 0. The molecular weight excluding hydrogens is 602 g/mol. The molecule has 0 aromatic heterocycles. The van der Waals surface area contributed by atoms with Gasteiger partial charge in [0.1, 0.15) is 0 Å². The predicted octanol–water partition coefficient (Wildman–Crippen LogP) is 10.3. The topological polar surface area (TPSA) is 52.6 Å². The zero-order valence-electron chi connectivity index (χ0n) is 27.7. The molecule has 0 rings (SSSR count). The Labute approximate surface area is 280 Å². The molecule has 0 heterocycles. The van der Waals surface area contributed by atoms with Gasteiger partial charge in [0.2, 0.25) is 0 Å². The smallest absolute Gasteiger partial charge is 0.778 e. The molecule has 0 aliphatic heterocycles. The second-order valence-electron chi connectivity index (χ2n) is 11.4. The third-order valence-electron chi connectivity index (χ3n) is 7.15. The van der Waals surface area contributed by atoms with Crippen LogP contribution in [0, 0.1) is 0 Å². The SMILES string of the molecule is CCCCCCCCCCCCCCOC(=O)C(C)[S-].CCCCCCCCCCCCCCOC(=O)C(C)[S-].[Zn+2]. The van der Waals surface area contributed by atoms with Gasteiger partial charge in [0.25, 0.3) is 11.9 Å². The Kier molecular flexibility index (Phi) is 42.7. The van der Waals surface area contributed by atoms with E-state index < -0.39 is 10.5 Å². The Morgan fingerprint density at radius 2 is 0.634 bits per heavy atom. The maximum absolute atomic E-state index is 11.1. The summed E-state index contributed by atoms with van der Waals surface area (Å²) < 4.78 is 10.1. The largest absolute Gasteiger partial charge is 2.00 e. The van der Waals surface area contributed by atoms with Crippen LogP contribution >= 0.6 is 0 Å². The molecule has 0 N–H and O–H groups in total. The van der Waals surface area contributed by atoms with E-state index in [1.54, 1.807) is 13.8 Å². The summed E-state index contributed by atoms with van der Waals surface area (Å²) in [5.41, 5.74) is 0. The molecule has 240 valence electrons. The van der Waals surface area contributed by atoms with E-state index in [2.05, 4.69) is 13.8 Å². The average molecular weight is 668 g/mol. The fraction of sp³-hybridized carbons (Fsp3) is 0.941. The molecule has 2 atom stereocenters. The third kappa shape index (κ3) is 40.3. The molecule has 7 heteroatoms. The second-order valence-corrected chi connectivity index (χ2v) is 12.8. The van der Waals surface area contributed by atoms with E-state index in [0.717, 1.165) is 25.7 Å². The maximum atomic E-state index is 11.1. The van der Waals surface area contributed by atoms with Gasteiger partial charge in [-0.2, -0.15) is 0 Å². The van der Waals surface area contributed by atoms with Gasteiger partial charge in [0, 0.05) is 0 Å². The molecule has 2 unspecified atom stereocenters. The van der Waals surface area contributed by atoms with Crippen molar-refractivity contribution in [3.63, 3.8) is 0 Å². The van der Waals surface area contributed by atoms with Crippen molar-refractivity contribution < 1.29 is 38.5 Å². The van der Waals surface area contributed by atoms with Crippen molar-refractivity contribution >= 4 is 37.2 Å². The molecular formula is C34H66O4S2Zn. The molecule has 0 aromatic carbocycles. The zero-order valence-corrected chi connectivity index (χ0v) is 32.3. The van der Waals surface area contributed by atoms with E-state index in [1.165, 1.54) is 128 Å². The van der Waals surface area contributed by atoms with Crippen LogP contribution in [0.1, 0.15) is 182 Å². The van der Waals surface area contributed by atoms with Gasteiger partial charge in [-0.25, -0.2) is 0 Å². The number of hydrogen-bond donors (Lipinski definition) is 0. The number of hydrogen-bond acceptors (Lipinski definition) is 6. The first-order chi connectivity index (χ1) is 19.4. The number of unbranched alkanes of at least 4 members (excludes halogenated alkanes) is 22. The van der Waals surface area contributed by atoms with Crippen LogP contribution in [0.15, 0.2) is 0 Å². The number of carbonyl (C=O) groups is 2. The van der Waals surface area contributed by atoms with Crippen molar-refractivity contribution in [2.45, 2.75) is 192 Å². The summed E-state index contributed by atoms with van der Waals surface area (Å²) in [5, 5.41) is -0.820. The van der Waals surface area contributed by atoms with Crippen LogP contribution in [-0.4, -0.2) is 35.7 Å². The van der Waals surface area contributed by atoms with Gasteiger partial charge in [-0.3, -0.25) is 9.59 Å². The Balaban J connectivity index is -0.000000688. The molecule has 0 amide bonds. The predicted molar refractivity (Wildman–Crippen MR) is 178 cm³/mol. The van der Waals surface area contributed by atoms with Crippen LogP contribution < -0.4 is 0 Å². The monoisotopic (exact) mass is 666 g/mol. The minimum Gasteiger partial charge on any atom is -0.778 e. The van der Waals surface area contributed by atoms with Crippen molar-refractivity contribution in [3.8, 4) is 0 Å². The van der Waals surface area contributed by atoms with Crippen LogP contribution in [0.3, 0.4) is 0 Å². The van der Waals surface area contributed by atoms with Gasteiger partial charge in [-0.05, 0) is 12.8 Å². The van der Waals surface area contributed by atoms with Gasteiger partial charge in [0.15, 0.2) is 0 Å². The molecule has 0 aliphatic rings. The third-order valence-corrected chi connectivity index (χ3v) is 7.53. The normalized spacial score (nSPS) is 12.0. The summed E-state index contributed by atoms with van der Waals surface area (Å²) >= 11 is 9.64. The summed E-state index contributed by atoms with van der Waals surface area (Å²) in [5.74, 6) is -0.494. The molecule has 0 aliphatic carbocycles. The number of esters is 2. The Bertz CT molecular complexity index is 487. The molecule has 0 radical (unpaired) electrons. The molecule has 0 saturated carbocycles. The summed E-state index contributed by atoms with van der Waals surface area (Å²) in [6.45, 7) is 8.99. The van der Waals surface area contributed by atoms with Gasteiger partial charge in [-0.15, -0.1) is 0 Å². The first kappa shape index (κ1) is 45.7. The van der Waals surface area contributed by atoms with Gasteiger partial charge >= 0.3 is 19.5 Å². The van der Waals surface area contributed by atoms with Gasteiger partial charge in [-0.1, -0.05) is 179 Å². The Hall–Kier alpha value is 0.263. The first-order valence-electron chi connectivity index (χ1n) is 17.0. The van der Waals surface area contributed by atoms with Crippen molar-refractivity contribution in [3.05, 3.63) is 0 Å². The van der Waals surface area contributed by atoms with E-state index in [-0.39, 0.29) is 31.4 Å². The first-order valence-corrected chi connectivity index (χ1v) is 18.0.